The predicted octanol–water partition coefficient (Wildman–Crippen LogP) is 2.80. The summed E-state index contributed by atoms with van der Waals surface area (Å²) in [5, 5.41) is 3.42. The van der Waals surface area contributed by atoms with Crippen molar-refractivity contribution in [2.45, 2.75) is 38.1 Å². The summed E-state index contributed by atoms with van der Waals surface area (Å²) in [4.78, 5) is 0.362. The lowest BCUT2D eigenvalue weighted by Gasteiger charge is -2.15. The molecule has 0 radical (unpaired) electrons. The number of hydrogen-bond acceptors (Lipinski definition) is 4. The van der Waals surface area contributed by atoms with Gasteiger partial charge in [0.15, 0.2) is 9.84 Å². The number of benzene rings is 1. The Morgan fingerprint density at radius 2 is 1.76 bits per heavy atom. The van der Waals surface area contributed by atoms with Crippen molar-refractivity contribution in [3.8, 4) is 0 Å². The van der Waals surface area contributed by atoms with E-state index in [4.69, 9.17) is 4.74 Å². The van der Waals surface area contributed by atoms with Gasteiger partial charge >= 0.3 is 0 Å². The fourth-order valence-corrected chi connectivity index (χ4v) is 2.56. The maximum absolute atomic E-state index is 11.4. The van der Waals surface area contributed by atoms with E-state index in [9.17, 15) is 8.42 Å². The molecule has 0 aliphatic carbocycles. The lowest BCUT2D eigenvalue weighted by molar-refractivity contribution is 0.107. The highest BCUT2D eigenvalue weighted by atomic mass is 32.2. The van der Waals surface area contributed by atoms with Crippen LogP contribution in [0.4, 0.5) is 0 Å². The minimum Gasteiger partial charge on any atom is -0.381 e. The molecule has 0 saturated heterocycles. The Morgan fingerprint density at radius 3 is 2.29 bits per heavy atom. The molecule has 0 amide bonds. The number of sulfone groups is 1. The molecule has 1 unspecified atom stereocenters. The molecular formula is C16H27NO3S. The highest BCUT2D eigenvalue weighted by Crippen LogP contribution is 2.16. The summed E-state index contributed by atoms with van der Waals surface area (Å²) >= 11 is 0. The third kappa shape index (κ3) is 7.07. The van der Waals surface area contributed by atoms with Gasteiger partial charge < -0.3 is 10.1 Å². The second kappa shape index (κ2) is 8.51. The van der Waals surface area contributed by atoms with E-state index < -0.39 is 9.84 Å². The zero-order valence-corrected chi connectivity index (χ0v) is 14.2. The molecule has 5 heteroatoms. The van der Waals surface area contributed by atoms with Crippen molar-refractivity contribution >= 4 is 9.84 Å². The van der Waals surface area contributed by atoms with E-state index >= 15 is 0 Å². The molecule has 0 aliphatic heterocycles. The molecule has 0 spiro atoms. The molecule has 0 aromatic heterocycles. The van der Waals surface area contributed by atoms with E-state index in [1.807, 2.05) is 12.1 Å². The van der Waals surface area contributed by atoms with Crippen LogP contribution in [-0.4, -0.2) is 34.4 Å². The topological polar surface area (TPSA) is 55.4 Å². The monoisotopic (exact) mass is 313 g/mol. The molecule has 1 N–H and O–H groups in total. The van der Waals surface area contributed by atoms with Gasteiger partial charge in [-0.3, -0.25) is 0 Å². The first-order chi connectivity index (χ1) is 9.80. The molecule has 0 fully saturated rings. The predicted molar refractivity (Wildman–Crippen MR) is 86.2 cm³/mol. The van der Waals surface area contributed by atoms with Gasteiger partial charge in [0.1, 0.15) is 0 Å². The van der Waals surface area contributed by atoms with Crippen molar-refractivity contribution in [1.29, 1.82) is 0 Å². The van der Waals surface area contributed by atoms with Crippen LogP contribution < -0.4 is 5.32 Å². The fourth-order valence-electron chi connectivity index (χ4n) is 1.93. The Hall–Kier alpha value is -0.910. The first-order valence-corrected chi connectivity index (χ1v) is 9.31. The zero-order chi connectivity index (χ0) is 15.9. The van der Waals surface area contributed by atoms with E-state index in [0.717, 1.165) is 31.7 Å². The number of ether oxygens (including phenoxy) is 1. The number of hydrogen-bond donors (Lipinski definition) is 1. The standard InChI is InChI=1S/C16H27NO3S/c1-13(2)12-20-11-5-10-17-14(3)15-6-8-16(9-7-15)21(4,18)19/h6-9,13-14,17H,5,10-12H2,1-4H3. The Bertz CT molecular complexity index is 509. The van der Waals surface area contributed by atoms with Gasteiger partial charge in [-0.05, 0) is 43.5 Å². The average Bonchev–Trinajstić information content (AvgIpc) is 2.41. The van der Waals surface area contributed by atoms with Gasteiger partial charge in [0, 0.05) is 25.5 Å². The molecule has 4 nitrogen and oxygen atoms in total. The first kappa shape index (κ1) is 18.1. The van der Waals surface area contributed by atoms with Crippen molar-refractivity contribution in [2.75, 3.05) is 26.0 Å². The van der Waals surface area contributed by atoms with Gasteiger partial charge in [-0.1, -0.05) is 26.0 Å². The second-order valence-electron chi connectivity index (χ2n) is 5.84. The smallest absolute Gasteiger partial charge is 0.175 e. The molecule has 1 aromatic rings. The van der Waals surface area contributed by atoms with Crippen molar-refractivity contribution in [2.24, 2.45) is 5.92 Å². The van der Waals surface area contributed by atoms with Crippen LogP contribution in [0.1, 0.15) is 38.8 Å². The zero-order valence-electron chi connectivity index (χ0n) is 13.4. The van der Waals surface area contributed by atoms with Gasteiger partial charge in [-0.25, -0.2) is 8.42 Å². The summed E-state index contributed by atoms with van der Waals surface area (Å²) in [6.45, 7) is 8.81. The van der Waals surface area contributed by atoms with Crippen LogP contribution in [0.25, 0.3) is 0 Å². The lowest BCUT2D eigenvalue weighted by atomic mass is 10.1. The van der Waals surface area contributed by atoms with Crippen molar-refractivity contribution in [3.63, 3.8) is 0 Å². The maximum atomic E-state index is 11.4. The summed E-state index contributed by atoms with van der Waals surface area (Å²) in [7, 11) is -3.12. The third-order valence-corrected chi connectivity index (χ3v) is 4.30. The summed E-state index contributed by atoms with van der Waals surface area (Å²) < 4.78 is 28.3. The minimum atomic E-state index is -3.12. The minimum absolute atomic E-state index is 0.198. The Morgan fingerprint density at radius 1 is 1.14 bits per heavy atom. The molecule has 1 atom stereocenters. The molecule has 21 heavy (non-hydrogen) atoms. The van der Waals surface area contributed by atoms with Crippen molar-refractivity contribution < 1.29 is 13.2 Å². The average molecular weight is 313 g/mol. The lowest BCUT2D eigenvalue weighted by Crippen LogP contribution is -2.21. The van der Waals surface area contributed by atoms with Crippen molar-refractivity contribution in [1.82, 2.24) is 5.32 Å². The van der Waals surface area contributed by atoms with Gasteiger partial charge in [0.25, 0.3) is 0 Å². The van der Waals surface area contributed by atoms with Gasteiger partial charge in [-0.15, -0.1) is 0 Å². The summed E-state index contributed by atoms with van der Waals surface area (Å²) in [5.74, 6) is 0.574. The highest BCUT2D eigenvalue weighted by molar-refractivity contribution is 7.90. The molecule has 1 aromatic carbocycles. The molecule has 120 valence electrons. The second-order valence-corrected chi connectivity index (χ2v) is 7.86. The Kier molecular flexibility index (Phi) is 7.35. The van der Waals surface area contributed by atoms with E-state index in [-0.39, 0.29) is 6.04 Å². The van der Waals surface area contributed by atoms with Gasteiger partial charge in [0.2, 0.25) is 0 Å². The number of nitrogens with one attached hydrogen (secondary N) is 1. The first-order valence-electron chi connectivity index (χ1n) is 7.42. The molecule has 0 heterocycles. The Balaban J connectivity index is 2.34. The summed E-state index contributed by atoms with van der Waals surface area (Å²) in [6, 6.07) is 7.25. The molecule has 0 bridgehead atoms. The van der Waals surface area contributed by atoms with Crippen LogP contribution in [0, 0.1) is 5.92 Å². The third-order valence-electron chi connectivity index (χ3n) is 3.18. The normalized spacial score (nSPS) is 13.6. The Labute approximate surface area is 128 Å². The number of rotatable bonds is 9. The molecule has 0 saturated carbocycles. The molecular weight excluding hydrogens is 286 g/mol. The fraction of sp³-hybridized carbons (Fsp3) is 0.625. The van der Waals surface area contributed by atoms with Crippen LogP contribution in [0.2, 0.25) is 0 Å². The highest BCUT2D eigenvalue weighted by Gasteiger charge is 2.09. The van der Waals surface area contributed by atoms with Gasteiger partial charge in [-0.2, -0.15) is 0 Å². The summed E-state index contributed by atoms with van der Waals surface area (Å²) in [6.07, 6.45) is 2.19. The van der Waals surface area contributed by atoms with Crippen LogP contribution in [0.15, 0.2) is 29.2 Å². The van der Waals surface area contributed by atoms with E-state index in [1.54, 1.807) is 12.1 Å². The van der Waals surface area contributed by atoms with Crippen LogP contribution in [0.5, 0.6) is 0 Å². The van der Waals surface area contributed by atoms with Crippen molar-refractivity contribution in [3.05, 3.63) is 29.8 Å². The quantitative estimate of drug-likeness (QED) is 0.712. The van der Waals surface area contributed by atoms with E-state index in [2.05, 4.69) is 26.1 Å². The maximum Gasteiger partial charge on any atom is 0.175 e. The van der Waals surface area contributed by atoms with E-state index in [1.165, 1.54) is 6.26 Å². The summed E-state index contributed by atoms with van der Waals surface area (Å²) in [5.41, 5.74) is 1.09. The molecule has 1 rings (SSSR count). The van der Waals surface area contributed by atoms with Crippen LogP contribution in [0.3, 0.4) is 0 Å². The van der Waals surface area contributed by atoms with E-state index in [0.29, 0.717) is 10.8 Å². The SMILES string of the molecule is CC(C)COCCCNC(C)c1ccc(S(C)(=O)=O)cc1. The van der Waals surface area contributed by atoms with Gasteiger partial charge in [0.05, 0.1) is 4.90 Å². The largest absolute Gasteiger partial charge is 0.381 e. The van der Waals surface area contributed by atoms with Crippen LogP contribution >= 0.6 is 0 Å². The van der Waals surface area contributed by atoms with Crippen LogP contribution in [-0.2, 0) is 14.6 Å². The molecule has 0 aliphatic rings.